The van der Waals surface area contributed by atoms with Crippen molar-refractivity contribution in [1.29, 1.82) is 0 Å². The van der Waals surface area contributed by atoms with E-state index in [4.69, 9.17) is 9.52 Å². The lowest BCUT2D eigenvalue weighted by Gasteiger charge is -2.07. The zero-order valence-corrected chi connectivity index (χ0v) is 11.3. The van der Waals surface area contributed by atoms with Gasteiger partial charge in [-0.3, -0.25) is 0 Å². The summed E-state index contributed by atoms with van der Waals surface area (Å²) in [6, 6.07) is 3.73. The van der Waals surface area contributed by atoms with Gasteiger partial charge in [0.1, 0.15) is 18.1 Å². The van der Waals surface area contributed by atoms with Gasteiger partial charge in [-0.1, -0.05) is 19.1 Å². The maximum absolute atomic E-state index is 11.1. The Morgan fingerprint density at radius 2 is 2.21 bits per heavy atom. The molecule has 0 saturated carbocycles. The van der Waals surface area contributed by atoms with E-state index >= 15 is 0 Å². The Bertz CT molecular complexity index is 584. The van der Waals surface area contributed by atoms with Crippen LogP contribution in [0.25, 0.3) is 0 Å². The quantitative estimate of drug-likeness (QED) is 0.893. The maximum atomic E-state index is 11.1. The normalized spacial score (nSPS) is 11.2. The van der Waals surface area contributed by atoms with Gasteiger partial charge in [0, 0.05) is 0 Å². The molecule has 2 heterocycles. The third kappa shape index (κ3) is 3.01. The van der Waals surface area contributed by atoms with Crippen LogP contribution in [0.5, 0.6) is 0 Å². The number of carboxylic acid groups (broad SMARTS) is 1. The van der Waals surface area contributed by atoms with Crippen LogP contribution in [0.2, 0.25) is 0 Å². The summed E-state index contributed by atoms with van der Waals surface area (Å²) in [5.74, 6) is 0.842. The van der Waals surface area contributed by atoms with Gasteiger partial charge >= 0.3 is 5.97 Å². The smallest absolute Gasteiger partial charge is 0.358 e. The van der Waals surface area contributed by atoms with Crippen molar-refractivity contribution in [2.45, 2.75) is 33.7 Å². The second-order valence-electron chi connectivity index (χ2n) is 4.96. The molecule has 2 rings (SSSR count). The Balaban J connectivity index is 2.31. The van der Waals surface area contributed by atoms with Crippen LogP contribution in [-0.4, -0.2) is 26.1 Å². The Hall–Kier alpha value is -2.11. The Labute approximate surface area is 111 Å². The molecule has 0 unspecified atom stereocenters. The van der Waals surface area contributed by atoms with E-state index in [1.165, 1.54) is 0 Å². The third-order valence-electron chi connectivity index (χ3n) is 2.74. The molecule has 0 aliphatic heterocycles. The predicted octanol–water partition coefficient (Wildman–Crippen LogP) is 2.12. The van der Waals surface area contributed by atoms with E-state index in [-0.39, 0.29) is 5.69 Å². The molecule has 2 aromatic rings. The van der Waals surface area contributed by atoms with Crippen molar-refractivity contribution in [2.75, 3.05) is 0 Å². The van der Waals surface area contributed by atoms with Crippen LogP contribution in [0, 0.1) is 12.8 Å². The number of hydrogen-bond acceptors (Lipinski definition) is 4. The van der Waals surface area contributed by atoms with E-state index in [9.17, 15) is 4.79 Å². The van der Waals surface area contributed by atoms with E-state index in [1.54, 1.807) is 4.68 Å². The van der Waals surface area contributed by atoms with Crippen molar-refractivity contribution in [3.8, 4) is 0 Å². The van der Waals surface area contributed by atoms with Gasteiger partial charge in [0.25, 0.3) is 0 Å². The van der Waals surface area contributed by atoms with Gasteiger partial charge in [-0.05, 0) is 31.4 Å². The summed E-state index contributed by atoms with van der Waals surface area (Å²) in [4.78, 5) is 11.1. The molecule has 0 saturated heterocycles. The van der Waals surface area contributed by atoms with Crippen LogP contribution in [0.15, 0.2) is 16.5 Å². The molecule has 0 amide bonds. The van der Waals surface area contributed by atoms with E-state index in [2.05, 4.69) is 10.3 Å². The molecule has 102 valence electrons. The van der Waals surface area contributed by atoms with Crippen molar-refractivity contribution < 1.29 is 14.3 Å². The Morgan fingerprint density at radius 3 is 2.74 bits per heavy atom. The molecule has 0 fully saturated rings. The van der Waals surface area contributed by atoms with Crippen LogP contribution in [0.4, 0.5) is 0 Å². The first-order chi connectivity index (χ1) is 8.97. The molecule has 0 radical (unpaired) electrons. The molecule has 0 aliphatic carbocycles. The molecule has 19 heavy (non-hydrogen) atoms. The van der Waals surface area contributed by atoms with E-state index in [0.29, 0.717) is 24.6 Å². The minimum atomic E-state index is -1.04. The van der Waals surface area contributed by atoms with Crippen molar-refractivity contribution in [3.63, 3.8) is 0 Å². The third-order valence-corrected chi connectivity index (χ3v) is 2.74. The van der Waals surface area contributed by atoms with Gasteiger partial charge in [0.2, 0.25) is 0 Å². The number of aromatic nitrogens is 3. The van der Waals surface area contributed by atoms with Crippen molar-refractivity contribution in [3.05, 3.63) is 35.0 Å². The molecule has 6 heteroatoms. The summed E-state index contributed by atoms with van der Waals surface area (Å²) in [6.07, 6.45) is 0.619. The van der Waals surface area contributed by atoms with Gasteiger partial charge in [0.15, 0.2) is 5.69 Å². The highest BCUT2D eigenvalue weighted by molar-refractivity contribution is 5.86. The van der Waals surface area contributed by atoms with Gasteiger partial charge in [0.05, 0.1) is 5.69 Å². The van der Waals surface area contributed by atoms with Crippen LogP contribution in [-0.2, 0) is 13.0 Å². The second kappa shape index (κ2) is 5.26. The number of aromatic carboxylic acids is 1. The fourth-order valence-electron chi connectivity index (χ4n) is 1.93. The van der Waals surface area contributed by atoms with E-state index in [1.807, 2.05) is 32.9 Å². The molecule has 1 N–H and O–H groups in total. The molecule has 2 aromatic heterocycles. The van der Waals surface area contributed by atoms with Gasteiger partial charge < -0.3 is 9.52 Å². The molecular formula is C13H17N3O3. The molecule has 0 aromatic carbocycles. The summed E-state index contributed by atoms with van der Waals surface area (Å²) in [7, 11) is 0. The van der Waals surface area contributed by atoms with E-state index < -0.39 is 5.97 Å². The fraction of sp³-hybridized carbons (Fsp3) is 0.462. The molecule has 6 nitrogen and oxygen atoms in total. The van der Waals surface area contributed by atoms with Crippen LogP contribution in [0.3, 0.4) is 0 Å². The minimum absolute atomic E-state index is 0.0250. The number of hydrogen-bond donors (Lipinski definition) is 1. The lowest BCUT2D eigenvalue weighted by molar-refractivity contribution is 0.0689. The first kappa shape index (κ1) is 13.3. The fourth-order valence-corrected chi connectivity index (χ4v) is 1.93. The summed E-state index contributed by atoms with van der Waals surface area (Å²) in [6.45, 7) is 6.32. The SMILES string of the molecule is Cc1ccc(Cn2nnc(C(=O)O)c2CC(C)C)o1. The van der Waals surface area contributed by atoms with Crippen molar-refractivity contribution in [1.82, 2.24) is 15.0 Å². The summed E-state index contributed by atoms with van der Waals surface area (Å²) < 4.78 is 7.08. The van der Waals surface area contributed by atoms with Crippen LogP contribution in [0.1, 0.15) is 41.6 Å². The minimum Gasteiger partial charge on any atom is -0.476 e. The highest BCUT2D eigenvalue weighted by atomic mass is 16.4. The summed E-state index contributed by atoms with van der Waals surface area (Å²) >= 11 is 0. The topological polar surface area (TPSA) is 81.2 Å². The van der Waals surface area contributed by atoms with Gasteiger partial charge in [-0.2, -0.15) is 0 Å². The molecule has 0 atom stereocenters. The number of nitrogens with zero attached hydrogens (tertiary/aromatic N) is 3. The molecule has 0 bridgehead atoms. The highest BCUT2D eigenvalue weighted by Gasteiger charge is 2.20. The van der Waals surface area contributed by atoms with Crippen molar-refractivity contribution >= 4 is 5.97 Å². The van der Waals surface area contributed by atoms with Crippen LogP contribution < -0.4 is 0 Å². The second-order valence-corrected chi connectivity index (χ2v) is 4.96. The van der Waals surface area contributed by atoms with Gasteiger partial charge in [-0.25, -0.2) is 9.48 Å². The average Bonchev–Trinajstić information content (AvgIpc) is 2.87. The number of carbonyl (C=O) groups is 1. The first-order valence-corrected chi connectivity index (χ1v) is 6.18. The summed E-state index contributed by atoms with van der Waals surface area (Å²) in [5, 5.41) is 16.8. The van der Waals surface area contributed by atoms with E-state index in [0.717, 1.165) is 11.5 Å². The maximum Gasteiger partial charge on any atom is 0.358 e. The summed E-state index contributed by atoms with van der Waals surface area (Å²) in [5.41, 5.74) is 0.661. The number of aryl methyl sites for hydroxylation is 1. The monoisotopic (exact) mass is 263 g/mol. The average molecular weight is 263 g/mol. The predicted molar refractivity (Wildman–Crippen MR) is 68.1 cm³/mol. The molecule has 0 spiro atoms. The zero-order valence-electron chi connectivity index (χ0n) is 11.3. The number of carboxylic acids is 1. The molecular weight excluding hydrogens is 246 g/mol. The first-order valence-electron chi connectivity index (χ1n) is 6.18. The lowest BCUT2D eigenvalue weighted by atomic mass is 10.1. The van der Waals surface area contributed by atoms with Crippen LogP contribution >= 0.6 is 0 Å². The number of furan rings is 1. The number of rotatable bonds is 5. The highest BCUT2D eigenvalue weighted by Crippen LogP contribution is 2.15. The zero-order chi connectivity index (χ0) is 14.0. The van der Waals surface area contributed by atoms with Gasteiger partial charge in [-0.15, -0.1) is 5.10 Å². The lowest BCUT2D eigenvalue weighted by Crippen LogP contribution is -2.11. The largest absolute Gasteiger partial charge is 0.476 e. The Kier molecular flexibility index (Phi) is 3.69. The molecule has 0 aliphatic rings. The van der Waals surface area contributed by atoms with Crippen molar-refractivity contribution in [2.24, 2.45) is 5.92 Å². The Morgan fingerprint density at radius 1 is 1.47 bits per heavy atom. The standard InChI is InChI=1S/C13H17N3O3/c1-8(2)6-11-12(13(17)18)14-15-16(11)7-10-5-4-9(3)19-10/h4-5,8H,6-7H2,1-3H3,(H,17,18).